The summed E-state index contributed by atoms with van der Waals surface area (Å²) in [6.45, 7) is 3.45. The molecule has 0 aliphatic carbocycles. The van der Waals surface area contributed by atoms with Gasteiger partial charge >= 0.3 is 5.97 Å². The normalized spacial score (nSPS) is 9.80. The Kier molecular flexibility index (Phi) is 3.80. The lowest BCUT2D eigenvalue weighted by atomic mass is 10.1. The molecule has 0 saturated heterocycles. The van der Waals surface area contributed by atoms with Gasteiger partial charge in [-0.3, -0.25) is 9.78 Å². The molecule has 0 saturated carbocycles. The van der Waals surface area contributed by atoms with E-state index in [2.05, 4.69) is 9.72 Å². The molecule has 0 spiro atoms. The van der Waals surface area contributed by atoms with E-state index in [1.165, 1.54) is 12.4 Å². The molecule has 0 N–H and O–H groups in total. The van der Waals surface area contributed by atoms with Crippen molar-refractivity contribution in [2.45, 2.75) is 13.8 Å². The molecule has 0 aromatic carbocycles. The third-order valence-corrected chi connectivity index (χ3v) is 2.06. The van der Waals surface area contributed by atoms with Gasteiger partial charge in [0.1, 0.15) is 0 Å². The van der Waals surface area contributed by atoms with Crippen molar-refractivity contribution in [2.24, 2.45) is 0 Å². The largest absolute Gasteiger partial charge is 0.460 e. The zero-order valence-electron chi connectivity index (χ0n) is 8.41. The molecule has 80 valence electrons. The molecular formula is C10H10ClNO3. The quantitative estimate of drug-likeness (QED) is 0.449. The van der Waals surface area contributed by atoms with E-state index < -0.39 is 11.8 Å². The van der Waals surface area contributed by atoms with Gasteiger partial charge in [0.15, 0.2) is 0 Å². The van der Waals surface area contributed by atoms with Crippen LogP contribution in [0.5, 0.6) is 0 Å². The number of aryl methyl sites for hydroxylation is 1. The molecule has 0 amide bonds. The molecular weight excluding hydrogens is 218 g/mol. The number of carbonyl (C=O) groups is 2. The van der Waals surface area contributed by atoms with Gasteiger partial charge in [-0.25, -0.2) is 4.79 Å². The maximum Gasteiger partial charge on any atom is 0.379 e. The van der Waals surface area contributed by atoms with E-state index in [0.29, 0.717) is 5.56 Å². The fraction of sp³-hybridized carbons (Fsp3) is 0.300. The summed E-state index contributed by atoms with van der Waals surface area (Å²) in [7, 11) is 0. The molecule has 1 rings (SSSR count). The maximum atomic E-state index is 11.6. The molecule has 0 unspecified atom stereocenters. The molecule has 15 heavy (non-hydrogen) atoms. The van der Waals surface area contributed by atoms with Crippen molar-refractivity contribution < 1.29 is 14.3 Å². The standard InChI is InChI=1S/C10H10ClNO3/c1-3-15-10(14)9(13)8-6(2)4-12-5-7(8)11/h4-5H,3H2,1-2H3. The van der Waals surface area contributed by atoms with Crippen LogP contribution in [-0.2, 0) is 9.53 Å². The number of aromatic nitrogens is 1. The number of esters is 1. The van der Waals surface area contributed by atoms with Crippen LogP contribution in [0.1, 0.15) is 22.8 Å². The van der Waals surface area contributed by atoms with E-state index in [9.17, 15) is 9.59 Å². The minimum absolute atomic E-state index is 0.158. The number of ether oxygens (including phenoxy) is 1. The molecule has 4 nitrogen and oxygen atoms in total. The average Bonchev–Trinajstić information content (AvgIpc) is 2.17. The third-order valence-electron chi connectivity index (χ3n) is 1.78. The lowest BCUT2D eigenvalue weighted by Gasteiger charge is -2.05. The highest BCUT2D eigenvalue weighted by atomic mass is 35.5. The second kappa shape index (κ2) is 4.89. The molecule has 0 atom stereocenters. The van der Waals surface area contributed by atoms with Crippen LogP contribution < -0.4 is 0 Å². The zero-order chi connectivity index (χ0) is 11.4. The average molecular weight is 228 g/mol. The van der Waals surface area contributed by atoms with Crippen LogP contribution in [0.2, 0.25) is 5.02 Å². The highest BCUT2D eigenvalue weighted by Crippen LogP contribution is 2.18. The summed E-state index contributed by atoms with van der Waals surface area (Å²) in [5.41, 5.74) is 0.714. The SMILES string of the molecule is CCOC(=O)C(=O)c1c(C)cncc1Cl. The summed E-state index contributed by atoms with van der Waals surface area (Å²) in [5.74, 6) is -1.63. The minimum Gasteiger partial charge on any atom is -0.460 e. The van der Waals surface area contributed by atoms with E-state index in [0.717, 1.165) is 0 Å². The lowest BCUT2D eigenvalue weighted by molar-refractivity contribution is -0.137. The molecule has 0 aliphatic heterocycles. The summed E-state index contributed by atoms with van der Waals surface area (Å²) in [4.78, 5) is 26.6. The fourth-order valence-electron chi connectivity index (χ4n) is 1.12. The molecule has 1 aromatic heterocycles. The Morgan fingerprint density at radius 1 is 1.47 bits per heavy atom. The first-order valence-corrected chi connectivity index (χ1v) is 4.77. The van der Waals surface area contributed by atoms with Crippen molar-refractivity contribution in [2.75, 3.05) is 6.61 Å². The Hall–Kier alpha value is -1.42. The van der Waals surface area contributed by atoms with Crippen LogP contribution in [0.15, 0.2) is 12.4 Å². The van der Waals surface area contributed by atoms with E-state index in [4.69, 9.17) is 11.6 Å². The number of pyridine rings is 1. The van der Waals surface area contributed by atoms with Gasteiger partial charge in [-0.2, -0.15) is 0 Å². The topological polar surface area (TPSA) is 56.3 Å². The van der Waals surface area contributed by atoms with E-state index in [1.807, 2.05) is 0 Å². The van der Waals surface area contributed by atoms with Gasteiger partial charge in [0, 0.05) is 12.4 Å². The van der Waals surface area contributed by atoms with E-state index in [-0.39, 0.29) is 17.2 Å². The summed E-state index contributed by atoms with van der Waals surface area (Å²) in [6, 6.07) is 0. The Bertz CT molecular complexity index is 383. The number of Topliss-reactive ketones (excluding diaryl/α,β-unsaturated/α-hetero) is 1. The van der Waals surface area contributed by atoms with Crippen LogP contribution in [0.4, 0.5) is 0 Å². The smallest absolute Gasteiger partial charge is 0.379 e. The van der Waals surface area contributed by atoms with E-state index in [1.54, 1.807) is 13.8 Å². The van der Waals surface area contributed by atoms with Crippen molar-refractivity contribution >= 4 is 23.4 Å². The molecule has 1 heterocycles. The summed E-state index contributed by atoms with van der Waals surface area (Å²) in [6.07, 6.45) is 2.79. The first-order valence-electron chi connectivity index (χ1n) is 4.39. The Morgan fingerprint density at radius 2 is 2.13 bits per heavy atom. The van der Waals surface area contributed by atoms with Crippen LogP contribution in [0.25, 0.3) is 0 Å². The molecule has 0 fully saturated rings. The zero-order valence-corrected chi connectivity index (χ0v) is 9.17. The third kappa shape index (κ3) is 2.53. The Labute approximate surface area is 92.2 Å². The predicted octanol–water partition coefficient (Wildman–Crippen LogP) is 1.79. The Morgan fingerprint density at radius 3 is 2.67 bits per heavy atom. The first kappa shape index (κ1) is 11.7. The van der Waals surface area contributed by atoms with Gasteiger partial charge in [-0.15, -0.1) is 0 Å². The Balaban J connectivity index is 3.06. The number of halogens is 1. The van der Waals surface area contributed by atoms with Gasteiger partial charge in [0.05, 0.1) is 17.2 Å². The number of hydrogen-bond acceptors (Lipinski definition) is 4. The molecule has 0 aliphatic rings. The summed E-state index contributed by atoms with van der Waals surface area (Å²) < 4.78 is 4.60. The van der Waals surface area contributed by atoms with Gasteiger partial charge in [0.2, 0.25) is 0 Å². The van der Waals surface area contributed by atoms with Gasteiger partial charge in [-0.1, -0.05) is 11.6 Å². The number of ketones is 1. The number of carbonyl (C=O) groups excluding carboxylic acids is 2. The van der Waals surface area contributed by atoms with Crippen LogP contribution in [0.3, 0.4) is 0 Å². The van der Waals surface area contributed by atoms with Crippen molar-refractivity contribution in [3.05, 3.63) is 28.5 Å². The van der Waals surface area contributed by atoms with Gasteiger partial charge in [0.25, 0.3) is 5.78 Å². The van der Waals surface area contributed by atoms with Crippen molar-refractivity contribution in [1.82, 2.24) is 4.98 Å². The van der Waals surface area contributed by atoms with E-state index >= 15 is 0 Å². The first-order chi connectivity index (χ1) is 7.07. The predicted molar refractivity (Wildman–Crippen MR) is 54.9 cm³/mol. The summed E-state index contributed by atoms with van der Waals surface area (Å²) >= 11 is 5.78. The molecule has 1 aromatic rings. The number of hydrogen-bond donors (Lipinski definition) is 0. The number of rotatable bonds is 3. The van der Waals surface area contributed by atoms with Crippen LogP contribution >= 0.6 is 11.6 Å². The maximum absolute atomic E-state index is 11.6. The highest BCUT2D eigenvalue weighted by Gasteiger charge is 2.22. The highest BCUT2D eigenvalue weighted by molar-refractivity contribution is 6.45. The van der Waals surface area contributed by atoms with Crippen molar-refractivity contribution in [3.63, 3.8) is 0 Å². The van der Waals surface area contributed by atoms with Crippen molar-refractivity contribution in [1.29, 1.82) is 0 Å². The lowest BCUT2D eigenvalue weighted by Crippen LogP contribution is -2.19. The molecule has 0 bridgehead atoms. The monoisotopic (exact) mass is 227 g/mol. The molecule has 0 radical (unpaired) electrons. The summed E-state index contributed by atoms with van der Waals surface area (Å²) in [5, 5.41) is 0.160. The second-order valence-electron chi connectivity index (χ2n) is 2.86. The van der Waals surface area contributed by atoms with Gasteiger partial charge < -0.3 is 4.74 Å². The number of nitrogens with zero attached hydrogens (tertiary/aromatic N) is 1. The second-order valence-corrected chi connectivity index (χ2v) is 3.27. The van der Waals surface area contributed by atoms with Crippen LogP contribution in [-0.4, -0.2) is 23.3 Å². The molecule has 5 heteroatoms. The van der Waals surface area contributed by atoms with Gasteiger partial charge in [-0.05, 0) is 19.4 Å². The van der Waals surface area contributed by atoms with Crippen molar-refractivity contribution in [3.8, 4) is 0 Å². The van der Waals surface area contributed by atoms with Crippen LogP contribution in [0, 0.1) is 6.92 Å². The fourth-order valence-corrected chi connectivity index (χ4v) is 1.41. The minimum atomic E-state index is -0.895.